The molecular weight excluding hydrogens is 272 g/mol. The molecule has 1 fully saturated rings. The fourth-order valence-corrected chi connectivity index (χ4v) is 3.72. The van der Waals surface area contributed by atoms with E-state index < -0.39 is 10.0 Å². The van der Waals surface area contributed by atoms with Gasteiger partial charge in [-0.1, -0.05) is 31.4 Å². The molecule has 1 aromatic heterocycles. The first kappa shape index (κ1) is 13.8. The monoisotopic (exact) mass is 288 g/mol. The van der Waals surface area contributed by atoms with E-state index in [0.717, 1.165) is 19.3 Å². The Balaban J connectivity index is 2.13. The van der Waals surface area contributed by atoms with Crippen molar-refractivity contribution in [3.05, 3.63) is 23.5 Å². The Morgan fingerprint density at radius 3 is 2.67 bits per heavy atom. The summed E-state index contributed by atoms with van der Waals surface area (Å²) < 4.78 is 27.1. The molecule has 1 N–H and O–H groups in total. The predicted octanol–water partition coefficient (Wildman–Crippen LogP) is 2.59. The van der Waals surface area contributed by atoms with E-state index in [2.05, 4.69) is 16.6 Å². The second-order valence-electron chi connectivity index (χ2n) is 4.81. The SMILES string of the molecule is CC1CCCCC1NS(=O)(=O)c1ccc(Cl)nc1. The van der Waals surface area contributed by atoms with Gasteiger partial charge >= 0.3 is 0 Å². The molecule has 1 heterocycles. The van der Waals surface area contributed by atoms with Gasteiger partial charge in [0.2, 0.25) is 10.0 Å². The van der Waals surface area contributed by atoms with Gasteiger partial charge in [0, 0.05) is 12.2 Å². The third-order valence-electron chi connectivity index (χ3n) is 3.43. The lowest BCUT2D eigenvalue weighted by Crippen LogP contribution is -2.40. The maximum Gasteiger partial charge on any atom is 0.242 e. The first-order chi connectivity index (χ1) is 8.49. The average molecular weight is 289 g/mol. The van der Waals surface area contributed by atoms with Crippen molar-refractivity contribution >= 4 is 21.6 Å². The van der Waals surface area contributed by atoms with Crippen LogP contribution >= 0.6 is 11.6 Å². The summed E-state index contributed by atoms with van der Waals surface area (Å²) in [6.45, 7) is 2.09. The van der Waals surface area contributed by atoms with Crippen molar-refractivity contribution in [2.75, 3.05) is 0 Å². The molecule has 0 aliphatic heterocycles. The summed E-state index contributed by atoms with van der Waals surface area (Å²) in [7, 11) is -3.48. The summed E-state index contributed by atoms with van der Waals surface area (Å²) in [4.78, 5) is 3.97. The van der Waals surface area contributed by atoms with Crippen LogP contribution in [0, 0.1) is 5.92 Å². The van der Waals surface area contributed by atoms with Crippen LogP contribution < -0.4 is 4.72 Å². The van der Waals surface area contributed by atoms with E-state index in [4.69, 9.17) is 11.6 Å². The number of aromatic nitrogens is 1. The van der Waals surface area contributed by atoms with Crippen molar-refractivity contribution < 1.29 is 8.42 Å². The van der Waals surface area contributed by atoms with Crippen LogP contribution in [0.4, 0.5) is 0 Å². The van der Waals surface area contributed by atoms with E-state index in [0.29, 0.717) is 11.1 Å². The zero-order chi connectivity index (χ0) is 13.2. The molecule has 1 aliphatic rings. The number of sulfonamides is 1. The molecule has 1 saturated carbocycles. The van der Waals surface area contributed by atoms with E-state index in [9.17, 15) is 8.42 Å². The Morgan fingerprint density at radius 2 is 2.06 bits per heavy atom. The largest absolute Gasteiger partial charge is 0.243 e. The molecule has 0 aromatic carbocycles. The first-order valence-corrected chi connectivity index (χ1v) is 7.99. The molecule has 0 bridgehead atoms. The van der Waals surface area contributed by atoms with Gasteiger partial charge in [0.25, 0.3) is 0 Å². The highest BCUT2D eigenvalue weighted by atomic mass is 35.5. The number of nitrogens with zero attached hydrogens (tertiary/aromatic N) is 1. The van der Waals surface area contributed by atoms with E-state index in [-0.39, 0.29) is 10.9 Å². The van der Waals surface area contributed by atoms with Crippen LogP contribution in [0.1, 0.15) is 32.6 Å². The summed E-state index contributed by atoms with van der Waals surface area (Å²) in [5, 5.41) is 0.292. The third kappa shape index (κ3) is 3.22. The minimum absolute atomic E-state index is 0.0272. The summed E-state index contributed by atoms with van der Waals surface area (Å²) in [5.74, 6) is 0.383. The quantitative estimate of drug-likeness (QED) is 0.870. The molecule has 0 amide bonds. The van der Waals surface area contributed by atoms with E-state index in [1.165, 1.54) is 24.8 Å². The number of hydrogen-bond donors (Lipinski definition) is 1. The number of halogens is 1. The highest BCUT2D eigenvalue weighted by Crippen LogP contribution is 2.25. The van der Waals surface area contributed by atoms with Gasteiger partial charge in [0.15, 0.2) is 0 Å². The van der Waals surface area contributed by atoms with Crippen molar-refractivity contribution in [3.63, 3.8) is 0 Å². The molecule has 6 heteroatoms. The first-order valence-electron chi connectivity index (χ1n) is 6.13. The van der Waals surface area contributed by atoms with Crippen molar-refractivity contribution in [2.24, 2.45) is 5.92 Å². The minimum Gasteiger partial charge on any atom is -0.243 e. The van der Waals surface area contributed by atoms with Gasteiger partial charge < -0.3 is 0 Å². The van der Waals surface area contributed by atoms with Crippen LogP contribution in [0.3, 0.4) is 0 Å². The maximum absolute atomic E-state index is 12.2. The molecule has 0 radical (unpaired) electrons. The number of hydrogen-bond acceptors (Lipinski definition) is 3. The van der Waals surface area contributed by atoms with E-state index in [1.807, 2.05) is 0 Å². The molecule has 1 aliphatic carbocycles. The normalized spacial score (nSPS) is 25.0. The van der Waals surface area contributed by atoms with Gasteiger partial charge in [-0.15, -0.1) is 0 Å². The van der Waals surface area contributed by atoms with E-state index >= 15 is 0 Å². The summed E-state index contributed by atoms with van der Waals surface area (Å²) >= 11 is 5.65. The smallest absolute Gasteiger partial charge is 0.242 e. The molecule has 100 valence electrons. The number of pyridine rings is 1. The van der Waals surface area contributed by atoms with Gasteiger partial charge in [-0.05, 0) is 30.9 Å². The van der Waals surface area contributed by atoms with Gasteiger partial charge in [0.05, 0.1) is 0 Å². The van der Waals surface area contributed by atoms with Crippen LogP contribution in [0.15, 0.2) is 23.2 Å². The molecule has 4 nitrogen and oxygen atoms in total. The maximum atomic E-state index is 12.2. The second-order valence-corrected chi connectivity index (χ2v) is 6.91. The van der Waals surface area contributed by atoms with Crippen molar-refractivity contribution in [1.82, 2.24) is 9.71 Å². The lowest BCUT2D eigenvalue weighted by atomic mass is 9.87. The van der Waals surface area contributed by atoms with Crippen LogP contribution in [0.25, 0.3) is 0 Å². The fraction of sp³-hybridized carbons (Fsp3) is 0.583. The standard InChI is InChI=1S/C12H17ClN2O2S/c1-9-4-2-3-5-11(9)15-18(16,17)10-6-7-12(13)14-8-10/h6-9,11,15H,2-5H2,1H3. The Labute approximate surface area is 113 Å². The van der Waals surface area contributed by atoms with Gasteiger partial charge in [-0.2, -0.15) is 0 Å². The topological polar surface area (TPSA) is 59.1 Å². The number of rotatable bonds is 3. The van der Waals surface area contributed by atoms with Crippen molar-refractivity contribution in [2.45, 2.75) is 43.5 Å². The van der Waals surface area contributed by atoms with Gasteiger partial charge in [-0.3, -0.25) is 0 Å². The molecule has 2 unspecified atom stereocenters. The van der Waals surface area contributed by atoms with E-state index in [1.54, 1.807) is 0 Å². The Kier molecular flexibility index (Phi) is 4.25. The lowest BCUT2D eigenvalue weighted by Gasteiger charge is -2.29. The minimum atomic E-state index is -3.48. The van der Waals surface area contributed by atoms with Gasteiger partial charge in [-0.25, -0.2) is 18.1 Å². The van der Waals surface area contributed by atoms with Crippen LogP contribution in [0.5, 0.6) is 0 Å². The van der Waals surface area contributed by atoms with Crippen molar-refractivity contribution in [3.8, 4) is 0 Å². The molecule has 0 saturated heterocycles. The van der Waals surface area contributed by atoms with Gasteiger partial charge in [0.1, 0.15) is 10.0 Å². The second kappa shape index (κ2) is 5.55. The molecule has 2 rings (SSSR count). The Hall–Kier alpha value is -0.650. The highest BCUT2D eigenvalue weighted by Gasteiger charge is 2.26. The highest BCUT2D eigenvalue weighted by molar-refractivity contribution is 7.89. The number of nitrogens with one attached hydrogen (secondary N) is 1. The average Bonchev–Trinajstić information content (AvgIpc) is 2.32. The molecular formula is C12H17ClN2O2S. The predicted molar refractivity (Wildman–Crippen MR) is 71.0 cm³/mol. The molecule has 18 heavy (non-hydrogen) atoms. The van der Waals surface area contributed by atoms with Crippen LogP contribution in [0.2, 0.25) is 5.15 Å². The molecule has 2 atom stereocenters. The molecule has 0 spiro atoms. The zero-order valence-electron chi connectivity index (χ0n) is 10.3. The zero-order valence-corrected chi connectivity index (χ0v) is 11.8. The summed E-state index contributed by atoms with van der Waals surface area (Å²) in [6.07, 6.45) is 5.53. The fourth-order valence-electron chi connectivity index (χ4n) is 2.28. The van der Waals surface area contributed by atoms with Crippen LogP contribution in [-0.2, 0) is 10.0 Å². The summed E-state index contributed by atoms with van der Waals surface area (Å²) in [6, 6.07) is 2.99. The molecule has 1 aromatic rings. The Bertz CT molecular complexity index is 501. The Morgan fingerprint density at radius 1 is 1.33 bits per heavy atom. The third-order valence-corrected chi connectivity index (χ3v) is 5.13. The summed E-state index contributed by atoms with van der Waals surface area (Å²) in [5.41, 5.74) is 0. The van der Waals surface area contributed by atoms with Crippen LogP contribution in [-0.4, -0.2) is 19.4 Å². The lowest BCUT2D eigenvalue weighted by molar-refractivity contribution is 0.310. The van der Waals surface area contributed by atoms with Crippen molar-refractivity contribution in [1.29, 1.82) is 0 Å².